The molecule has 1 N–H and O–H groups in total. The van der Waals surface area contributed by atoms with Gasteiger partial charge in [0.25, 0.3) is 0 Å². The van der Waals surface area contributed by atoms with Gasteiger partial charge in [0.2, 0.25) is 0 Å². The average molecular weight is 348 g/mol. The van der Waals surface area contributed by atoms with Crippen LogP contribution in [0.1, 0.15) is 36.2 Å². The first-order valence-corrected chi connectivity index (χ1v) is 8.42. The lowest BCUT2D eigenvalue weighted by Gasteiger charge is -2.30. The minimum absolute atomic E-state index is 0.0886. The molecular formula is C17H20N2O4S. The summed E-state index contributed by atoms with van der Waals surface area (Å²) in [6.07, 6.45) is -0.674. The smallest absolute Gasteiger partial charge is 0.411 e. The zero-order chi connectivity index (χ0) is 17.7. The van der Waals surface area contributed by atoms with E-state index in [-0.39, 0.29) is 12.6 Å². The SMILES string of the molecule is Cc1nc(C(C(=O)O)N(C(=O)OCc2ccccc2)C(C)C)cs1. The third-order valence-corrected chi connectivity index (χ3v) is 4.19. The van der Waals surface area contributed by atoms with Crippen LogP contribution in [0.5, 0.6) is 0 Å². The van der Waals surface area contributed by atoms with Gasteiger partial charge in [0.1, 0.15) is 6.61 Å². The van der Waals surface area contributed by atoms with E-state index in [0.717, 1.165) is 10.6 Å². The highest BCUT2D eigenvalue weighted by molar-refractivity contribution is 7.09. The van der Waals surface area contributed by atoms with Crippen LogP contribution in [0.2, 0.25) is 0 Å². The van der Waals surface area contributed by atoms with Crippen LogP contribution in [0, 0.1) is 6.92 Å². The van der Waals surface area contributed by atoms with Crippen molar-refractivity contribution in [1.82, 2.24) is 9.88 Å². The molecule has 1 atom stereocenters. The molecule has 128 valence electrons. The molecule has 0 spiro atoms. The van der Waals surface area contributed by atoms with E-state index < -0.39 is 18.1 Å². The van der Waals surface area contributed by atoms with Gasteiger partial charge in [0.15, 0.2) is 6.04 Å². The molecule has 0 radical (unpaired) electrons. The second-order valence-corrected chi connectivity index (χ2v) is 6.64. The fourth-order valence-electron chi connectivity index (χ4n) is 2.30. The number of hydrogen-bond acceptors (Lipinski definition) is 5. The molecule has 0 aliphatic carbocycles. The van der Waals surface area contributed by atoms with Gasteiger partial charge in [-0.05, 0) is 26.3 Å². The van der Waals surface area contributed by atoms with Crippen LogP contribution >= 0.6 is 11.3 Å². The predicted octanol–water partition coefficient (Wildman–Crippen LogP) is 3.62. The molecule has 0 aliphatic rings. The van der Waals surface area contributed by atoms with Crippen LogP contribution in [0.4, 0.5) is 4.79 Å². The highest BCUT2D eigenvalue weighted by atomic mass is 32.1. The predicted molar refractivity (Wildman–Crippen MR) is 90.8 cm³/mol. The molecule has 1 heterocycles. The van der Waals surface area contributed by atoms with Gasteiger partial charge >= 0.3 is 12.1 Å². The maximum Gasteiger partial charge on any atom is 0.411 e. The summed E-state index contributed by atoms with van der Waals surface area (Å²) in [6, 6.07) is 7.73. The largest absolute Gasteiger partial charge is 0.479 e. The number of nitrogens with zero attached hydrogens (tertiary/aromatic N) is 2. The number of carbonyl (C=O) groups is 2. The summed E-state index contributed by atoms with van der Waals surface area (Å²) in [5, 5.41) is 12.0. The minimum atomic E-state index is -1.17. The number of benzene rings is 1. The van der Waals surface area contributed by atoms with E-state index in [1.165, 1.54) is 16.2 Å². The van der Waals surface area contributed by atoms with Gasteiger partial charge in [0.05, 0.1) is 10.7 Å². The number of ether oxygens (including phenoxy) is 1. The van der Waals surface area contributed by atoms with Crippen LogP contribution in [0.15, 0.2) is 35.7 Å². The number of rotatable bonds is 6. The van der Waals surface area contributed by atoms with Crippen LogP contribution in [0.25, 0.3) is 0 Å². The Labute approximate surface area is 144 Å². The molecule has 6 nitrogen and oxygen atoms in total. The lowest BCUT2D eigenvalue weighted by atomic mass is 10.1. The van der Waals surface area contributed by atoms with Crippen LogP contribution in [-0.4, -0.2) is 33.1 Å². The second-order valence-electron chi connectivity index (χ2n) is 5.57. The second kappa shape index (κ2) is 7.92. The summed E-state index contributed by atoms with van der Waals surface area (Å²) >= 11 is 1.35. The van der Waals surface area contributed by atoms with Crippen molar-refractivity contribution in [2.24, 2.45) is 0 Å². The van der Waals surface area contributed by atoms with Crippen molar-refractivity contribution >= 4 is 23.4 Å². The first-order chi connectivity index (χ1) is 11.4. The molecule has 0 saturated carbocycles. The summed E-state index contributed by atoms with van der Waals surface area (Å²) in [4.78, 5) is 29.7. The third kappa shape index (κ3) is 4.32. The Hall–Kier alpha value is -2.41. The number of aryl methyl sites for hydroxylation is 1. The van der Waals surface area contributed by atoms with E-state index >= 15 is 0 Å². The van der Waals surface area contributed by atoms with Gasteiger partial charge in [-0.1, -0.05) is 30.3 Å². The number of aliphatic carboxylic acids is 1. The number of carbonyl (C=O) groups excluding carboxylic acids is 1. The zero-order valence-corrected chi connectivity index (χ0v) is 14.6. The molecule has 24 heavy (non-hydrogen) atoms. The average Bonchev–Trinajstić information content (AvgIpc) is 2.96. The van der Waals surface area contributed by atoms with E-state index in [1.807, 2.05) is 30.3 Å². The van der Waals surface area contributed by atoms with Gasteiger partial charge in [-0.3, -0.25) is 4.90 Å². The molecule has 1 amide bonds. The fraction of sp³-hybridized carbons (Fsp3) is 0.353. The van der Waals surface area contributed by atoms with Crippen LogP contribution in [0.3, 0.4) is 0 Å². The van der Waals surface area contributed by atoms with Gasteiger partial charge in [-0.2, -0.15) is 0 Å². The van der Waals surface area contributed by atoms with Gasteiger partial charge < -0.3 is 9.84 Å². The molecule has 2 aromatic rings. The molecule has 0 bridgehead atoms. The van der Waals surface area contributed by atoms with Gasteiger partial charge in [-0.25, -0.2) is 14.6 Å². The molecule has 7 heteroatoms. The first-order valence-electron chi connectivity index (χ1n) is 7.54. The Balaban J connectivity index is 2.19. The number of carboxylic acid groups (broad SMARTS) is 1. The minimum Gasteiger partial charge on any atom is -0.479 e. The topological polar surface area (TPSA) is 79.7 Å². The van der Waals surface area contributed by atoms with Crippen molar-refractivity contribution in [3.63, 3.8) is 0 Å². The molecule has 1 aromatic heterocycles. The summed E-state index contributed by atoms with van der Waals surface area (Å²) in [5.74, 6) is -1.13. The van der Waals surface area contributed by atoms with E-state index in [0.29, 0.717) is 5.69 Å². The van der Waals surface area contributed by atoms with Gasteiger partial charge in [0, 0.05) is 11.4 Å². The van der Waals surface area contributed by atoms with Gasteiger partial charge in [-0.15, -0.1) is 11.3 Å². The van der Waals surface area contributed by atoms with Crippen molar-refractivity contribution in [1.29, 1.82) is 0 Å². The summed E-state index contributed by atoms with van der Waals surface area (Å²) in [6.45, 7) is 5.38. The Morgan fingerprint density at radius 1 is 1.29 bits per heavy atom. The Morgan fingerprint density at radius 2 is 1.96 bits per heavy atom. The van der Waals surface area contributed by atoms with E-state index in [9.17, 15) is 14.7 Å². The molecule has 1 aromatic carbocycles. The maximum absolute atomic E-state index is 12.5. The molecule has 0 fully saturated rings. The maximum atomic E-state index is 12.5. The van der Waals surface area contributed by atoms with E-state index in [2.05, 4.69) is 4.98 Å². The first kappa shape index (κ1) is 17.9. The molecule has 1 unspecified atom stereocenters. The van der Waals surface area contributed by atoms with Crippen molar-refractivity contribution < 1.29 is 19.4 Å². The Bertz CT molecular complexity index is 700. The standard InChI is InChI=1S/C17H20N2O4S/c1-11(2)19(15(16(20)21)14-10-24-12(3)18-14)17(22)23-9-13-7-5-4-6-8-13/h4-8,10-11,15H,9H2,1-3H3,(H,20,21). The van der Waals surface area contributed by atoms with Crippen LogP contribution in [-0.2, 0) is 16.1 Å². The van der Waals surface area contributed by atoms with E-state index in [1.54, 1.807) is 26.2 Å². The zero-order valence-electron chi connectivity index (χ0n) is 13.8. The van der Waals surface area contributed by atoms with Crippen molar-refractivity contribution in [2.75, 3.05) is 0 Å². The van der Waals surface area contributed by atoms with Crippen molar-refractivity contribution in [3.05, 3.63) is 52.0 Å². The van der Waals surface area contributed by atoms with Crippen molar-refractivity contribution in [2.45, 2.75) is 39.5 Å². The van der Waals surface area contributed by atoms with Crippen molar-refractivity contribution in [3.8, 4) is 0 Å². The molecule has 0 aliphatic heterocycles. The Morgan fingerprint density at radius 3 is 2.46 bits per heavy atom. The number of hydrogen-bond donors (Lipinski definition) is 1. The number of amides is 1. The lowest BCUT2D eigenvalue weighted by molar-refractivity contribution is -0.144. The normalized spacial score (nSPS) is 12.0. The lowest BCUT2D eigenvalue weighted by Crippen LogP contribution is -2.43. The molecule has 0 saturated heterocycles. The molecule has 2 rings (SSSR count). The quantitative estimate of drug-likeness (QED) is 0.862. The summed E-state index contributed by atoms with van der Waals surface area (Å²) in [7, 11) is 0. The third-order valence-electron chi connectivity index (χ3n) is 3.40. The monoisotopic (exact) mass is 348 g/mol. The summed E-state index contributed by atoms with van der Waals surface area (Å²) in [5.41, 5.74) is 1.18. The highest BCUT2D eigenvalue weighted by Crippen LogP contribution is 2.26. The Kier molecular flexibility index (Phi) is 5.92. The van der Waals surface area contributed by atoms with E-state index in [4.69, 9.17) is 4.74 Å². The number of carboxylic acids is 1. The highest BCUT2D eigenvalue weighted by Gasteiger charge is 2.36. The van der Waals surface area contributed by atoms with Crippen LogP contribution < -0.4 is 0 Å². The number of thiazole rings is 1. The summed E-state index contributed by atoms with van der Waals surface area (Å²) < 4.78 is 5.31. The molecular weight excluding hydrogens is 328 g/mol. The fourth-order valence-corrected chi connectivity index (χ4v) is 2.93. The number of aromatic nitrogens is 1.